The van der Waals surface area contributed by atoms with Gasteiger partial charge in [-0.2, -0.15) is 0 Å². The van der Waals surface area contributed by atoms with Crippen molar-refractivity contribution >= 4 is 11.9 Å². The standard InChI is InChI=1S/C34H42O6/c1-4-6-8-9-10-11-25-37-30-18-16-28(17-19-30)27-12-14-29(15-13-27)34(36)40-32-22-20-31(21-23-32)39-26(3)33(35)38-24-7-5-2/h12-23,26H,4-11,24-25H2,1-3H3. The first kappa shape index (κ1) is 30.7. The van der Waals surface area contributed by atoms with Crippen LogP contribution < -0.4 is 14.2 Å². The molecular formula is C34H42O6. The van der Waals surface area contributed by atoms with Crippen LogP contribution in [-0.4, -0.2) is 31.3 Å². The van der Waals surface area contributed by atoms with E-state index in [4.69, 9.17) is 18.9 Å². The van der Waals surface area contributed by atoms with Crippen LogP contribution >= 0.6 is 0 Å². The Kier molecular flexibility index (Phi) is 13.1. The maximum atomic E-state index is 12.7. The van der Waals surface area contributed by atoms with Crippen molar-refractivity contribution in [2.75, 3.05) is 13.2 Å². The number of carbonyl (C=O) groups excluding carboxylic acids is 2. The van der Waals surface area contributed by atoms with Gasteiger partial charge in [0.1, 0.15) is 17.2 Å². The Bertz CT molecular complexity index is 1150. The molecule has 0 heterocycles. The fourth-order valence-electron chi connectivity index (χ4n) is 4.05. The molecule has 6 heteroatoms. The van der Waals surface area contributed by atoms with Crippen LogP contribution in [-0.2, 0) is 9.53 Å². The lowest BCUT2D eigenvalue weighted by atomic mass is 10.0. The van der Waals surface area contributed by atoms with Gasteiger partial charge in [0.15, 0.2) is 6.10 Å². The van der Waals surface area contributed by atoms with Crippen molar-refractivity contribution in [3.63, 3.8) is 0 Å². The molecule has 0 saturated carbocycles. The van der Waals surface area contributed by atoms with E-state index in [-0.39, 0.29) is 0 Å². The van der Waals surface area contributed by atoms with Gasteiger partial charge in [-0.15, -0.1) is 0 Å². The molecule has 1 unspecified atom stereocenters. The smallest absolute Gasteiger partial charge is 0.347 e. The Balaban J connectivity index is 1.45. The summed E-state index contributed by atoms with van der Waals surface area (Å²) >= 11 is 0. The Hall–Kier alpha value is -3.80. The zero-order valence-corrected chi connectivity index (χ0v) is 24.0. The van der Waals surface area contributed by atoms with Crippen LogP contribution in [0.3, 0.4) is 0 Å². The van der Waals surface area contributed by atoms with Gasteiger partial charge in [0.2, 0.25) is 0 Å². The average Bonchev–Trinajstić information content (AvgIpc) is 2.98. The number of hydrogen-bond acceptors (Lipinski definition) is 6. The van der Waals surface area contributed by atoms with Gasteiger partial charge in [0.05, 0.1) is 18.8 Å². The number of unbranched alkanes of at least 4 members (excludes halogenated alkanes) is 6. The predicted octanol–water partition coefficient (Wildman–Crippen LogP) is 8.42. The average molecular weight is 547 g/mol. The van der Waals surface area contributed by atoms with E-state index in [2.05, 4.69) is 6.92 Å². The molecule has 214 valence electrons. The topological polar surface area (TPSA) is 71.1 Å². The Morgan fingerprint density at radius 2 is 1.18 bits per heavy atom. The number of esters is 2. The molecule has 0 aliphatic rings. The largest absolute Gasteiger partial charge is 0.494 e. The van der Waals surface area contributed by atoms with Crippen LogP contribution in [0.5, 0.6) is 17.2 Å². The van der Waals surface area contributed by atoms with Gasteiger partial charge in [0.25, 0.3) is 0 Å². The minimum Gasteiger partial charge on any atom is -0.494 e. The van der Waals surface area contributed by atoms with Gasteiger partial charge in [-0.1, -0.05) is 76.6 Å². The molecule has 0 fully saturated rings. The quantitative estimate of drug-likeness (QED) is 0.0961. The second kappa shape index (κ2) is 17.0. The molecule has 0 radical (unpaired) electrons. The summed E-state index contributed by atoms with van der Waals surface area (Å²) in [5.41, 5.74) is 2.50. The van der Waals surface area contributed by atoms with Gasteiger partial charge in [-0.05, 0) is 79.4 Å². The zero-order chi connectivity index (χ0) is 28.6. The molecule has 0 aliphatic carbocycles. The van der Waals surface area contributed by atoms with Crippen LogP contribution in [0.1, 0.15) is 82.5 Å². The molecule has 0 saturated heterocycles. The third-order valence-electron chi connectivity index (χ3n) is 6.50. The van der Waals surface area contributed by atoms with E-state index in [1.807, 2.05) is 43.3 Å². The van der Waals surface area contributed by atoms with Gasteiger partial charge in [0, 0.05) is 0 Å². The number of benzene rings is 3. The molecule has 0 aromatic heterocycles. The lowest BCUT2D eigenvalue weighted by Crippen LogP contribution is -2.26. The van der Waals surface area contributed by atoms with Crippen molar-refractivity contribution in [3.05, 3.63) is 78.4 Å². The fraction of sp³-hybridized carbons (Fsp3) is 0.412. The van der Waals surface area contributed by atoms with Crippen molar-refractivity contribution in [1.29, 1.82) is 0 Å². The molecule has 3 aromatic rings. The number of hydrogen-bond donors (Lipinski definition) is 0. The Morgan fingerprint density at radius 3 is 1.82 bits per heavy atom. The van der Waals surface area contributed by atoms with Crippen LogP contribution in [0, 0.1) is 0 Å². The molecule has 3 rings (SSSR count). The highest BCUT2D eigenvalue weighted by Crippen LogP contribution is 2.24. The van der Waals surface area contributed by atoms with E-state index >= 15 is 0 Å². The second-order valence-corrected chi connectivity index (χ2v) is 9.86. The fourth-order valence-corrected chi connectivity index (χ4v) is 4.05. The van der Waals surface area contributed by atoms with Crippen molar-refractivity contribution < 1.29 is 28.5 Å². The minimum atomic E-state index is -0.724. The van der Waals surface area contributed by atoms with Crippen LogP contribution in [0.25, 0.3) is 11.1 Å². The molecular weight excluding hydrogens is 504 g/mol. The molecule has 6 nitrogen and oxygen atoms in total. The van der Waals surface area contributed by atoms with Gasteiger partial charge < -0.3 is 18.9 Å². The van der Waals surface area contributed by atoms with Gasteiger partial charge in [-0.25, -0.2) is 9.59 Å². The summed E-state index contributed by atoms with van der Waals surface area (Å²) in [7, 11) is 0. The molecule has 0 amide bonds. The summed E-state index contributed by atoms with van der Waals surface area (Å²) in [5.74, 6) is 0.890. The Morgan fingerprint density at radius 1 is 0.625 bits per heavy atom. The summed E-state index contributed by atoms with van der Waals surface area (Å²) in [5, 5.41) is 0. The highest BCUT2D eigenvalue weighted by atomic mass is 16.6. The molecule has 0 N–H and O–H groups in total. The monoisotopic (exact) mass is 546 g/mol. The third-order valence-corrected chi connectivity index (χ3v) is 6.50. The summed E-state index contributed by atoms with van der Waals surface area (Å²) in [6.45, 7) is 7.04. The van der Waals surface area contributed by atoms with E-state index in [0.717, 1.165) is 42.7 Å². The third kappa shape index (κ3) is 10.4. The highest BCUT2D eigenvalue weighted by Gasteiger charge is 2.16. The van der Waals surface area contributed by atoms with E-state index in [9.17, 15) is 9.59 Å². The number of carbonyl (C=O) groups is 2. The van der Waals surface area contributed by atoms with E-state index in [0.29, 0.717) is 23.7 Å². The summed E-state index contributed by atoms with van der Waals surface area (Å²) in [6.07, 6.45) is 8.51. The molecule has 0 bridgehead atoms. The van der Waals surface area contributed by atoms with E-state index in [1.54, 1.807) is 43.3 Å². The maximum Gasteiger partial charge on any atom is 0.347 e. The van der Waals surface area contributed by atoms with E-state index < -0.39 is 18.0 Å². The summed E-state index contributed by atoms with van der Waals surface area (Å²) < 4.78 is 22.2. The lowest BCUT2D eigenvalue weighted by Gasteiger charge is -2.14. The normalized spacial score (nSPS) is 11.5. The van der Waals surface area contributed by atoms with Crippen molar-refractivity contribution in [2.45, 2.75) is 78.2 Å². The molecule has 40 heavy (non-hydrogen) atoms. The minimum absolute atomic E-state index is 0.385. The Labute approximate surface area is 238 Å². The highest BCUT2D eigenvalue weighted by molar-refractivity contribution is 5.91. The summed E-state index contributed by atoms with van der Waals surface area (Å²) in [6, 6.07) is 21.9. The van der Waals surface area contributed by atoms with Crippen molar-refractivity contribution in [2.24, 2.45) is 0 Å². The lowest BCUT2D eigenvalue weighted by molar-refractivity contribution is -0.151. The molecule has 3 aromatic carbocycles. The van der Waals surface area contributed by atoms with Crippen LogP contribution in [0.15, 0.2) is 72.8 Å². The number of rotatable bonds is 17. The van der Waals surface area contributed by atoms with Gasteiger partial charge in [-0.3, -0.25) is 0 Å². The van der Waals surface area contributed by atoms with Crippen LogP contribution in [0.4, 0.5) is 0 Å². The van der Waals surface area contributed by atoms with Crippen LogP contribution in [0.2, 0.25) is 0 Å². The zero-order valence-electron chi connectivity index (χ0n) is 24.0. The number of ether oxygens (including phenoxy) is 4. The van der Waals surface area contributed by atoms with Gasteiger partial charge >= 0.3 is 11.9 Å². The molecule has 0 spiro atoms. The first-order valence-corrected chi connectivity index (χ1v) is 14.5. The summed E-state index contributed by atoms with van der Waals surface area (Å²) in [4.78, 5) is 24.6. The predicted molar refractivity (Wildman–Crippen MR) is 158 cm³/mol. The second-order valence-electron chi connectivity index (χ2n) is 9.86. The first-order valence-electron chi connectivity index (χ1n) is 14.5. The SMILES string of the molecule is CCCCCCCCOc1ccc(-c2ccc(C(=O)Oc3ccc(OC(C)C(=O)OCCCC)cc3)cc2)cc1. The van der Waals surface area contributed by atoms with E-state index in [1.165, 1.54) is 32.1 Å². The first-order chi connectivity index (χ1) is 19.5. The van der Waals surface area contributed by atoms with Crippen molar-refractivity contribution in [1.82, 2.24) is 0 Å². The molecule has 1 atom stereocenters. The van der Waals surface area contributed by atoms with Crippen molar-refractivity contribution in [3.8, 4) is 28.4 Å². The molecule has 0 aliphatic heterocycles. The maximum absolute atomic E-state index is 12.7.